The monoisotopic (exact) mass is 239 g/mol. The predicted molar refractivity (Wildman–Crippen MR) is 60.5 cm³/mol. The molecule has 0 heterocycles. The van der Waals surface area contributed by atoms with Gasteiger partial charge >= 0.3 is 11.9 Å². The molecular formula is C11H13NO5. The van der Waals surface area contributed by atoms with Crippen molar-refractivity contribution in [3.8, 4) is 5.75 Å². The maximum atomic E-state index is 10.6. The van der Waals surface area contributed by atoms with Gasteiger partial charge in [0.2, 0.25) is 0 Å². The van der Waals surface area contributed by atoms with E-state index in [9.17, 15) is 9.59 Å². The summed E-state index contributed by atoms with van der Waals surface area (Å²) in [6, 6.07) is 6.52. The second-order valence-corrected chi connectivity index (χ2v) is 3.34. The van der Waals surface area contributed by atoms with Crippen LogP contribution in [0, 0.1) is 0 Å². The van der Waals surface area contributed by atoms with Gasteiger partial charge in [0.1, 0.15) is 18.8 Å². The van der Waals surface area contributed by atoms with Crippen molar-refractivity contribution in [1.29, 1.82) is 0 Å². The minimum Gasteiger partial charge on any atom is -0.497 e. The summed E-state index contributed by atoms with van der Waals surface area (Å²) in [5, 5.41) is 17.4. The molecule has 0 atom stereocenters. The number of anilines is 1. The van der Waals surface area contributed by atoms with Gasteiger partial charge in [0.25, 0.3) is 0 Å². The van der Waals surface area contributed by atoms with Crippen LogP contribution in [-0.4, -0.2) is 42.4 Å². The third-order valence-electron chi connectivity index (χ3n) is 2.09. The maximum absolute atomic E-state index is 10.6. The number of carboxylic acid groups (broad SMARTS) is 2. The van der Waals surface area contributed by atoms with Gasteiger partial charge in [-0.2, -0.15) is 0 Å². The van der Waals surface area contributed by atoms with Gasteiger partial charge in [-0.05, 0) is 24.3 Å². The molecule has 0 aromatic heterocycles. The Morgan fingerprint density at radius 1 is 1.12 bits per heavy atom. The summed E-state index contributed by atoms with van der Waals surface area (Å²) >= 11 is 0. The topological polar surface area (TPSA) is 87.1 Å². The molecule has 0 aliphatic carbocycles. The lowest BCUT2D eigenvalue weighted by Crippen LogP contribution is -2.34. The molecule has 0 amide bonds. The van der Waals surface area contributed by atoms with Gasteiger partial charge in [-0.25, -0.2) is 0 Å². The summed E-state index contributed by atoms with van der Waals surface area (Å²) in [5.41, 5.74) is 0.524. The Balaban J connectivity index is 2.86. The standard InChI is InChI=1S/C11H13NO5/c1-17-9-4-2-8(3-5-9)12(6-10(13)14)7-11(15)16/h2-5H,6-7H2,1H3,(H,13,14)(H,15,16). The summed E-state index contributed by atoms with van der Waals surface area (Å²) in [4.78, 5) is 22.5. The Hall–Kier alpha value is -2.24. The van der Waals surface area contributed by atoms with E-state index in [0.29, 0.717) is 11.4 Å². The number of aliphatic carboxylic acids is 2. The first kappa shape index (κ1) is 12.8. The number of nitrogens with zero attached hydrogens (tertiary/aromatic N) is 1. The quantitative estimate of drug-likeness (QED) is 0.758. The molecule has 1 aromatic carbocycles. The van der Waals surface area contributed by atoms with E-state index in [1.807, 2.05) is 0 Å². The van der Waals surface area contributed by atoms with Crippen LogP contribution in [0.3, 0.4) is 0 Å². The average molecular weight is 239 g/mol. The molecule has 0 aliphatic rings. The molecule has 0 aliphatic heterocycles. The zero-order chi connectivity index (χ0) is 12.8. The van der Waals surface area contributed by atoms with Gasteiger partial charge in [0.15, 0.2) is 0 Å². The van der Waals surface area contributed by atoms with Crippen LogP contribution >= 0.6 is 0 Å². The molecule has 0 fully saturated rings. The van der Waals surface area contributed by atoms with Crippen molar-refractivity contribution in [2.45, 2.75) is 0 Å². The maximum Gasteiger partial charge on any atom is 0.323 e. The van der Waals surface area contributed by atoms with Crippen molar-refractivity contribution < 1.29 is 24.5 Å². The molecule has 1 aromatic rings. The Kier molecular flexibility index (Phi) is 4.33. The van der Waals surface area contributed by atoms with Crippen LogP contribution in [0.5, 0.6) is 5.75 Å². The molecule has 0 saturated carbocycles. The molecule has 17 heavy (non-hydrogen) atoms. The van der Waals surface area contributed by atoms with E-state index in [-0.39, 0.29) is 13.1 Å². The van der Waals surface area contributed by atoms with Gasteiger partial charge < -0.3 is 19.8 Å². The molecule has 0 bridgehead atoms. The van der Waals surface area contributed by atoms with Crippen LogP contribution in [0.1, 0.15) is 0 Å². The van der Waals surface area contributed by atoms with Crippen LogP contribution in [0.15, 0.2) is 24.3 Å². The van der Waals surface area contributed by atoms with Crippen molar-refractivity contribution in [3.63, 3.8) is 0 Å². The highest BCUT2D eigenvalue weighted by Crippen LogP contribution is 2.18. The molecule has 92 valence electrons. The smallest absolute Gasteiger partial charge is 0.323 e. The average Bonchev–Trinajstić information content (AvgIpc) is 2.27. The van der Waals surface area contributed by atoms with Crippen molar-refractivity contribution in [2.24, 2.45) is 0 Å². The molecule has 6 nitrogen and oxygen atoms in total. The van der Waals surface area contributed by atoms with Crippen LogP contribution in [0.2, 0.25) is 0 Å². The van der Waals surface area contributed by atoms with E-state index in [2.05, 4.69) is 0 Å². The SMILES string of the molecule is COc1ccc(N(CC(=O)O)CC(=O)O)cc1. The van der Waals surface area contributed by atoms with Crippen molar-refractivity contribution >= 4 is 17.6 Å². The minimum absolute atomic E-state index is 0.362. The van der Waals surface area contributed by atoms with E-state index in [1.165, 1.54) is 12.0 Å². The molecule has 1 rings (SSSR count). The Morgan fingerprint density at radius 3 is 1.94 bits per heavy atom. The molecule has 6 heteroatoms. The highest BCUT2D eigenvalue weighted by atomic mass is 16.5. The predicted octanol–water partition coefficient (Wildman–Crippen LogP) is 0.671. The highest BCUT2D eigenvalue weighted by Gasteiger charge is 2.13. The molecule has 0 radical (unpaired) electrons. The second kappa shape index (κ2) is 5.74. The van der Waals surface area contributed by atoms with Crippen LogP contribution in [0.25, 0.3) is 0 Å². The van der Waals surface area contributed by atoms with Crippen molar-refractivity contribution in [3.05, 3.63) is 24.3 Å². The van der Waals surface area contributed by atoms with Crippen molar-refractivity contribution in [2.75, 3.05) is 25.1 Å². The third-order valence-corrected chi connectivity index (χ3v) is 2.09. The lowest BCUT2D eigenvalue weighted by molar-refractivity contribution is -0.136. The molecule has 0 saturated heterocycles. The van der Waals surface area contributed by atoms with Crippen LogP contribution in [-0.2, 0) is 9.59 Å². The van der Waals surface area contributed by atoms with Crippen LogP contribution in [0.4, 0.5) is 5.69 Å². The van der Waals surface area contributed by atoms with E-state index in [1.54, 1.807) is 24.3 Å². The fourth-order valence-corrected chi connectivity index (χ4v) is 1.36. The van der Waals surface area contributed by atoms with Gasteiger partial charge in [0, 0.05) is 5.69 Å². The number of carbonyl (C=O) groups is 2. The Labute approximate surface area is 98.0 Å². The molecule has 0 spiro atoms. The van der Waals surface area contributed by atoms with Gasteiger partial charge in [-0.1, -0.05) is 0 Å². The first-order valence-corrected chi connectivity index (χ1v) is 4.85. The number of rotatable bonds is 6. The van der Waals surface area contributed by atoms with Crippen molar-refractivity contribution in [1.82, 2.24) is 0 Å². The van der Waals surface area contributed by atoms with E-state index in [4.69, 9.17) is 14.9 Å². The second-order valence-electron chi connectivity index (χ2n) is 3.34. The van der Waals surface area contributed by atoms with Gasteiger partial charge in [-0.3, -0.25) is 9.59 Å². The zero-order valence-electron chi connectivity index (χ0n) is 9.29. The molecule has 2 N–H and O–H groups in total. The Bertz CT molecular complexity index is 385. The lowest BCUT2D eigenvalue weighted by Gasteiger charge is -2.20. The molecular weight excluding hydrogens is 226 g/mol. The summed E-state index contributed by atoms with van der Waals surface area (Å²) in [5.74, 6) is -1.54. The number of hydrogen-bond donors (Lipinski definition) is 2. The Morgan fingerprint density at radius 2 is 1.59 bits per heavy atom. The highest BCUT2D eigenvalue weighted by molar-refractivity contribution is 5.79. The summed E-state index contributed by atoms with van der Waals surface area (Å²) in [7, 11) is 1.52. The number of hydrogen-bond acceptors (Lipinski definition) is 4. The fourth-order valence-electron chi connectivity index (χ4n) is 1.36. The summed E-state index contributed by atoms with van der Waals surface area (Å²) < 4.78 is 4.96. The van der Waals surface area contributed by atoms with Gasteiger partial charge in [0.05, 0.1) is 7.11 Å². The van der Waals surface area contributed by atoms with Crippen LogP contribution < -0.4 is 9.64 Å². The fraction of sp³-hybridized carbons (Fsp3) is 0.273. The summed E-state index contributed by atoms with van der Waals surface area (Å²) in [6.45, 7) is -0.725. The largest absolute Gasteiger partial charge is 0.497 e. The zero-order valence-corrected chi connectivity index (χ0v) is 9.29. The van der Waals surface area contributed by atoms with E-state index in [0.717, 1.165) is 0 Å². The number of methoxy groups -OCH3 is 1. The first-order valence-electron chi connectivity index (χ1n) is 4.85. The number of ether oxygens (including phenoxy) is 1. The minimum atomic E-state index is -1.08. The first-order chi connectivity index (χ1) is 8.02. The number of benzene rings is 1. The lowest BCUT2D eigenvalue weighted by atomic mass is 10.2. The molecule has 0 unspecified atom stereocenters. The normalized spacial score (nSPS) is 9.71. The number of carboxylic acids is 2. The van der Waals surface area contributed by atoms with E-state index >= 15 is 0 Å². The van der Waals surface area contributed by atoms with E-state index < -0.39 is 11.9 Å². The van der Waals surface area contributed by atoms with Gasteiger partial charge in [-0.15, -0.1) is 0 Å². The third kappa shape index (κ3) is 4.02. The summed E-state index contributed by atoms with van der Waals surface area (Å²) in [6.07, 6.45) is 0.